The molecule has 0 aliphatic heterocycles. The maximum Gasteiger partial charge on any atom is 0.0692 e. The van der Waals surface area contributed by atoms with Crippen LogP contribution in [-0.4, -0.2) is 18.8 Å². The number of nitrogens with two attached hydrogens (primary N) is 1. The van der Waals surface area contributed by atoms with E-state index in [9.17, 15) is 0 Å². The highest BCUT2D eigenvalue weighted by Crippen LogP contribution is 2.19. The third-order valence-electron chi connectivity index (χ3n) is 2.93. The summed E-state index contributed by atoms with van der Waals surface area (Å²) < 4.78 is 0. The minimum atomic E-state index is 0.101. The Kier molecular flexibility index (Phi) is 6.89. The van der Waals surface area contributed by atoms with Crippen molar-refractivity contribution in [1.82, 2.24) is 5.32 Å². The van der Waals surface area contributed by atoms with Crippen molar-refractivity contribution in [2.45, 2.75) is 36.7 Å². The highest BCUT2D eigenvalue weighted by atomic mass is 32.2. The summed E-state index contributed by atoms with van der Waals surface area (Å²) >= 11 is 1.74. The molecule has 3 N–H and O–H groups in total. The second-order valence-corrected chi connectivity index (χ2v) is 5.12. The molecule has 1 rings (SSSR count). The summed E-state index contributed by atoms with van der Waals surface area (Å²) in [7, 11) is 0. The van der Waals surface area contributed by atoms with E-state index in [1.807, 2.05) is 0 Å². The first-order valence-corrected chi connectivity index (χ1v) is 7.53. The highest BCUT2D eigenvalue weighted by Gasteiger charge is 2.13. The quantitative estimate of drug-likeness (QED) is 0.586. The average Bonchev–Trinajstić information content (AvgIpc) is 2.43. The van der Waals surface area contributed by atoms with Crippen LogP contribution in [-0.2, 0) is 0 Å². The minimum absolute atomic E-state index is 0.101. The van der Waals surface area contributed by atoms with Crippen molar-refractivity contribution in [3.8, 4) is 12.3 Å². The first-order valence-electron chi connectivity index (χ1n) is 6.31. The van der Waals surface area contributed by atoms with Crippen molar-refractivity contribution >= 4 is 11.8 Å². The van der Waals surface area contributed by atoms with Gasteiger partial charge in [0.05, 0.1) is 6.04 Å². The highest BCUT2D eigenvalue weighted by molar-refractivity contribution is 7.98. The zero-order valence-electron chi connectivity index (χ0n) is 11.1. The maximum atomic E-state index is 5.84. The van der Waals surface area contributed by atoms with Gasteiger partial charge < -0.3 is 5.73 Å². The number of thioether (sulfide) groups is 1. The molecule has 0 bridgehead atoms. The Morgan fingerprint density at radius 2 is 2.06 bits per heavy atom. The average molecular weight is 262 g/mol. The smallest absolute Gasteiger partial charge is 0.0692 e. The lowest BCUT2D eigenvalue weighted by molar-refractivity contribution is 0.475. The van der Waals surface area contributed by atoms with Gasteiger partial charge in [-0.05, 0) is 30.4 Å². The van der Waals surface area contributed by atoms with Crippen molar-refractivity contribution in [3.05, 3.63) is 29.8 Å². The summed E-state index contributed by atoms with van der Waals surface area (Å²) in [5, 5.41) is 3.44. The molecular weight excluding hydrogens is 240 g/mol. The monoisotopic (exact) mass is 262 g/mol. The molecule has 2 unspecified atom stereocenters. The molecule has 2 nitrogen and oxygen atoms in total. The molecule has 0 fully saturated rings. The summed E-state index contributed by atoms with van der Waals surface area (Å²) in [6.45, 7) is 2.69. The van der Waals surface area contributed by atoms with E-state index in [1.54, 1.807) is 11.8 Å². The van der Waals surface area contributed by atoms with Gasteiger partial charge in [-0.15, -0.1) is 18.2 Å². The summed E-state index contributed by atoms with van der Waals surface area (Å²) in [5.41, 5.74) is 7.04. The molecule has 0 heterocycles. The Morgan fingerprint density at radius 3 is 2.50 bits per heavy atom. The first-order chi connectivity index (χ1) is 8.74. The molecule has 0 saturated carbocycles. The molecule has 0 radical (unpaired) electrons. The largest absolute Gasteiger partial charge is 0.329 e. The van der Waals surface area contributed by atoms with Crippen molar-refractivity contribution in [2.24, 2.45) is 5.73 Å². The third kappa shape index (κ3) is 4.38. The Bertz CT molecular complexity index is 380. The van der Waals surface area contributed by atoms with E-state index in [2.05, 4.69) is 48.7 Å². The van der Waals surface area contributed by atoms with Gasteiger partial charge in [0, 0.05) is 17.5 Å². The molecule has 98 valence electrons. The third-order valence-corrected chi connectivity index (χ3v) is 3.68. The fourth-order valence-corrected chi connectivity index (χ4v) is 2.29. The van der Waals surface area contributed by atoms with E-state index in [4.69, 9.17) is 12.2 Å². The lowest BCUT2D eigenvalue weighted by Gasteiger charge is -2.21. The van der Waals surface area contributed by atoms with Crippen LogP contribution in [0.2, 0.25) is 0 Å². The molecule has 1 aromatic carbocycles. The predicted molar refractivity (Wildman–Crippen MR) is 80.7 cm³/mol. The standard InChI is InChI=1S/C15H22N2S/c1-4-6-13(5-2)17-15(11-16)12-7-9-14(18-3)10-8-12/h2,7-10,13,15,17H,4,6,11,16H2,1,3H3. The van der Waals surface area contributed by atoms with Crippen molar-refractivity contribution in [1.29, 1.82) is 0 Å². The van der Waals surface area contributed by atoms with Gasteiger partial charge in [0.2, 0.25) is 0 Å². The predicted octanol–water partition coefficient (Wildman–Crippen LogP) is 2.80. The summed E-state index contributed by atoms with van der Waals surface area (Å²) in [4.78, 5) is 1.26. The Balaban J connectivity index is 2.72. The van der Waals surface area contributed by atoms with Gasteiger partial charge in [0.15, 0.2) is 0 Å². The number of rotatable bonds is 7. The molecule has 0 aliphatic carbocycles. The van der Waals surface area contributed by atoms with Crippen LogP contribution in [0.1, 0.15) is 31.4 Å². The normalized spacial score (nSPS) is 13.9. The molecule has 3 heteroatoms. The number of benzene rings is 1. The van der Waals surface area contributed by atoms with Crippen LogP contribution in [0.4, 0.5) is 0 Å². The van der Waals surface area contributed by atoms with Gasteiger partial charge in [0.1, 0.15) is 0 Å². The van der Waals surface area contributed by atoms with E-state index in [0.29, 0.717) is 6.54 Å². The fourth-order valence-electron chi connectivity index (χ4n) is 1.88. The van der Waals surface area contributed by atoms with Crippen LogP contribution in [0.5, 0.6) is 0 Å². The van der Waals surface area contributed by atoms with Gasteiger partial charge in [-0.2, -0.15) is 0 Å². The Morgan fingerprint density at radius 1 is 1.39 bits per heavy atom. The molecule has 0 aliphatic rings. The van der Waals surface area contributed by atoms with Crippen molar-refractivity contribution < 1.29 is 0 Å². The lowest BCUT2D eigenvalue weighted by atomic mass is 10.0. The second-order valence-electron chi connectivity index (χ2n) is 4.24. The van der Waals surface area contributed by atoms with Gasteiger partial charge in [-0.25, -0.2) is 0 Å². The van der Waals surface area contributed by atoms with Gasteiger partial charge in [-0.3, -0.25) is 5.32 Å². The Hall–Kier alpha value is -0.950. The summed E-state index contributed by atoms with van der Waals surface area (Å²) in [6.07, 6.45) is 9.66. The molecule has 2 atom stereocenters. The molecule has 0 spiro atoms. The van der Waals surface area contributed by atoms with Gasteiger partial charge in [-0.1, -0.05) is 31.4 Å². The SMILES string of the molecule is C#CC(CCC)NC(CN)c1ccc(SC)cc1. The van der Waals surface area contributed by atoms with Gasteiger partial charge in [0.25, 0.3) is 0 Å². The maximum absolute atomic E-state index is 5.84. The molecule has 0 saturated heterocycles. The van der Waals surface area contributed by atoms with E-state index >= 15 is 0 Å². The number of hydrogen-bond acceptors (Lipinski definition) is 3. The molecule has 0 amide bonds. The zero-order valence-corrected chi connectivity index (χ0v) is 12.0. The molecular formula is C15H22N2S. The molecule has 0 aromatic heterocycles. The van der Waals surface area contributed by atoms with Gasteiger partial charge >= 0.3 is 0 Å². The number of terminal acetylenes is 1. The zero-order chi connectivity index (χ0) is 13.4. The van der Waals surface area contributed by atoms with Crippen LogP contribution in [0.3, 0.4) is 0 Å². The van der Waals surface area contributed by atoms with Crippen LogP contribution < -0.4 is 11.1 Å². The van der Waals surface area contributed by atoms with Crippen LogP contribution in [0.25, 0.3) is 0 Å². The van der Waals surface area contributed by atoms with E-state index in [0.717, 1.165) is 12.8 Å². The van der Waals surface area contributed by atoms with Crippen molar-refractivity contribution in [3.63, 3.8) is 0 Å². The van der Waals surface area contributed by atoms with Crippen molar-refractivity contribution in [2.75, 3.05) is 12.8 Å². The minimum Gasteiger partial charge on any atom is -0.329 e. The first kappa shape index (κ1) is 15.1. The van der Waals surface area contributed by atoms with Crippen LogP contribution in [0, 0.1) is 12.3 Å². The number of hydrogen-bond donors (Lipinski definition) is 2. The Labute approximate surface area is 115 Å². The number of nitrogens with one attached hydrogen (secondary N) is 1. The van der Waals surface area contributed by atoms with E-state index in [-0.39, 0.29) is 12.1 Å². The van der Waals surface area contributed by atoms with Crippen LogP contribution in [0.15, 0.2) is 29.2 Å². The summed E-state index contributed by atoms with van der Waals surface area (Å²) in [6, 6.07) is 8.72. The molecule has 18 heavy (non-hydrogen) atoms. The second kappa shape index (κ2) is 8.20. The van der Waals surface area contributed by atoms with E-state index in [1.165, 1.54) is 10.5 Å². The topological polar surface area (TPSA) is 38.0 Å². The van der Waals surface area contributed by atoms with E-state index < -0.39 is 0 Å². The van der Waals surface area contributed by atoms with Crippen LogP contribution >= 0.6 is 11.8 Å². The fraction of sp³-hybridized carbons (Fsp3) is 0.467. The summed E-state index contributed by atoms with van der Waals surface area (Å²) in [5.74, 6) is 2.79. The molecule has 1 aromatic rings. The lowest BCUT2D eigenvalue weighted by Crippen LogP contribution is -2.35.